The number of piperidine rings is 1. The highest BCUT2D eigenvalue weighted by molar-refractivity contribution is 5.95. The Kier molecular flexibility index (Phi) is 4.00. The van der Waals surface area contributed by atoms with Crippen molar-refractivity contribution in [1.29, 1.82) is 0 Å². The molecule has 0 unspecified atom stereocenters. The number of hydrogen-bond donors (Lipinski definition) is 0. The fourth-order valence-electron chi connectivity index (χ4n) is 2.51. The Morgan fingerprint density at radius 3 is 2.56 bits per heavy atom. The lowest BCUT2D eigenvalue weighted by Crippen LogP contribution is -2.36. The molecule has 1 aliphatic rings. The molecule has 0 aromatic heterocycles. The lowest BCUT2D eigenvalue weighted by Gasteiger charge is -2.27. The van der Waals surface area contributed by atoms with E-state index in [-0.39, 0.29) is 11.7 Å². The van der Waals surface area contributed by atoms with Gasteiger partial charge in [0.25, 0.3) is 5.91 Å². The van der Waals surface area contributed by atoms with E-state index in [0.717, 1.165) is 25.9 Å². The third-order valence-electron chi connectivity index (χ3n) is 3.72. The molecule has 0 radical (unpaired) electrons. The Bertz CT molecular complexity index is 450. The Hall–Kier alpha value is -1.38. The van der Waals surface area contributed by atoms with Crippen molar-refractivity contribution in [2.24, 2.45) is 0 Å². The van der Waals surface area contributed by atoms with E-state index < -0.39 is 0 Å². The fourth-order valence-corrected chi connectivity index (χ4v) is 2.51. The monoisotopic (exact) mass is 249 g/mol. The summed E-state index contributed by atoms with van der Waals surface area (Å²) in [4.78, 5) is 14.2. The van der Waals surface area contributed by atoms with Crippen molar-refractivity contribution < 1.29 is 9.18 Å². The molecule has 18 heavy (non-hydrogen) atoms. The lowest BCUT2D eigenvalue weighted by atomic mass is 10.0. The standard InChI is InChI=1S/C15H20FNO/c1-3-12-7-8-13(11(2)14(12)16)15(18)17-9-5-4-6-10-17/h7-8H,3-6,9-10H2,1-2H3. The minimum atomic E-state index is -0.222. The first kappa shape index (κ1) is 13.1. The highest BCUT2D eigenvalue weighted by atomic mass is 19.1. The summed E-state index contributed by atoms with van der Waals surface area (Å²) in [6.45, 7) is 5.22. The molecule has 1 amide bonds. The van der Waals surface area contributed by atoms with Crippen molar-refractivity contribution in [1.82, 2.24) is 4.90 Å². The molecule has 0 N–H and O–H groups in total. The van der Waals surface area contributed by atoms with Gasteiger partial charge in [-0.2, -0.15) is 0 Å². The van der Waals surface area contributed by atoms with Gasteiger partial charge in [0, 0.05) is 18.7 Å². The SMILES string of the molecule is CCc1ccc(C(=O)N2CCCCC2)c(C)c1F. The van der Waals surface area contributed by atoms with Crippen molar-refractivity contribution >= 4 is 5.91 Å². The van der Waals surface area contributed by atoms with Crippen LogP contribution >= 0.6 is 0 Å². The van der Waals surface area contributed by atoms with E-state index in [2.05, 4.69) is 0 Å². The maximum Gasteiger partial charge on any atom is 0.254 e. The molecule has 0 spiro atoms. The normalized spacial score (nSPS) is 15.8. The summed E-state index contributed by atoms with van der Waals surface area (Å²) in [7, 11) is 0. The highest BCUT2D eigenvalue weighted by Gasteiger charge is 2.21. The van der Waals surface area contributed by atoms with Crippen molar-refractivity contribution in [3.8, 4) is 0 Å². The summed E-state index contributed by atoms with van der Waals surface area (Å²) in [5, 5.41) is 0. The zero-order valence-electron chi connectivity index (χ0n) is 11.1. The Morgan fingerprint density at radius 1 is 1.28 bits per heavy atom. The van der Waals surface area contributed by atoms with E-state index in [0.29, 0.717) is 23.1 Å². The fraction of sp³-hybridized carbons (Fsp3) is 0.533. The van der Waals surface area contributed by atoms with Crippen LogP contribution in [-0.4, -0.2) is 23.9 Å². The van der Waals surface area contributed by atoms with Gasteiger partial charge in [-0.3, -0.25) is 4.79 Å². The second-order valence-corrected chi connectivity index (χ2v) is 4.92. The molecule has 1 aromatic carbocycles. The van der Waals surface area contributed by atoms with Gasteiger partial charge in [0.2, 0.25) is 0 Å². The van der Waals surface area contributed by atoms with Crippen LogP contribution in [0.1, 0.15) is 47.7 Å². The first-order valence-electron chi connectivity index (χ1n) is 6.72. The van der Waals surface area contributed by atoms with Crippen molar-refractivity contribution in [3.63, 3.8) is 0 Å². The van der Waals surface area contributed by atoms with Gasteiger partial charge < -0.3 is 4.90 Å². The summed E-state index contributed by atoms with van der Waals surface area (Å²) in [6, 6.07) is 3.51. The predicted molar refractivity (Wildman–Crippen MR) is 70.3 cm³/mol. The number of aryl methyl sites for hydroxylation is 1. The smallest absolute Gasteiger partial charge is 0.254 e. The van der Waals surface area contributed by atoms with Gasteiger partial charge in [-0.05, 0) is 49.8 Å². The van der Waals surface area contributed by atoms with Gasteiger partial charge in [-0.25, -0.2) is 4.39 Å². The van der Waals surface area contributed by atoms with Crippen molar-refractivity contribution in [2.45, 2.75) is 39.5 Å². The number of halogens is 1. The van der Waals surface area contributed by atoms with Crippen LogP contribution in [0.15, 0.2) is 12.1 Å². The topological polar surface area (TPSA) is 20.3 Å². The first-order chi connectivity index (χ1) is 8.65. The molecular formula is C15H20FNO. The molecule has 0 aliphatic carbocycles. The zero-order valence-corrected chi connectivity index (χ0v) is 11.1. The Balaban J connectivity index is 2.27. The molecule has 0 saturated carbocycles. The summed E-state index contributed by atoms with van der Waals surface area (Å²) in [5.74, 6) is -0.242. The van der Waals surface area contributed by atoms with E-state index in [1.54, 1.807) is 19.1 Å². The number of benzene rings is 1. The quantitative estimate of drug-likeness (QED) is 0.787. The number of carbonyl (C=O) groups excluding carboxylic acids is 1. The Morgan fingerprint density at radius 2 is 1.94 bits per heavy atom. The van der Waals surface area contributed by atoms with Crippen LogP contribution in [-0.2, 0) is 6.42 Å². The number of hydrogen-bond acceptors (Lipinski definition) is 1. The van der Waals surface area contributed by atoms with Crippen LogP contribution in [0.3, 0.4) is 0 Å². The lowest BCUT2D eigenvalue weighted by molar-refractivity contribution is 0.0723. The number of nitrogens with zero attached hydrogens (tertiary/aromatic N) is 1. The largest absolute Gasteiger partial charge is 0.339 e. The van der Waals surface area contributed by atoms with Crippen LogP contribution < -0.4 is 0 Å². The maximum absolute atomic E-state index is 14.0. The average molecular weight is 249 g/mol. The van der Waals surface area contributed by atoms with E-state index in [4.69, 9.17) is 0 Å². The molecule has 1 aromatic rings. The van der Waals surface area contributed by atoms with E-state index in [1.165, 1.54) is 6.42 Å². The highest BCUT2D eigenvalue weighted by Crippen LogP contribution is 2.20. The molecule has 1 saturated heterocycles. The molecule has 3 heteroatoms. The van der Waals surface area contributed by atoms with Gasteiger partial charge >= 0.3 is 0 Å². The molecule has 0 atom stereocenters. The molecule has 0 bridgehead atoms. The summed E-state index contributed by atoms with van der Waals surface area (Å²) in [6.07, 6.45) is 3.96. The van der Waals surface area contributed by atoms with Gasteiger partial charge in [0.05, 0.1) is 0 Å². The van der Waals surface area contributed by atoms with Gasteiger partial charge in [0.1, 0.15) is 5.82 Å². The van der Waals surface area contributed by atoms with Gasteiger partial charge in [0.15, 0.2) is 0 Å². The summed E-state index contributed by atoms with van der Waals surface area (Å²) >= 11 is 0. The predicted octanol–water partition coefficient (Wildman–Crippen LogP) is 3.32. The number of rotatable bonds is 2. The molecule has 1 heterocycles. The molecule has 2 rings (SSSR count). The number of amides is 1. The molecule has 1 fully saturated rings. The van der Waals surface area contributed by atoms with Crippen LogP contribution in [0.2, 0.25) is 0 Å². The third-order valence-corrected chi connectivity index (χ3v) is 3.72. The van der Waals surface area contributed by atoms with Crippen LogP contribution in [0.4, 0.5) is 4.39 Å². The summed E-state index contributed by atoms with van der Waals surface area (Å²) < 4.78 is 14.0. The van der Waals surface area contributed by atoms with Gasteiger partial charge in [-0.15, -0.1) is 0 Å². The number of carbonyl (C=O) groups is 1. The molecule has 1 aliphatic heterocycles. The second-order valence-electron chi connectivity index (χ2n) is 4.92. The minimum Gasteiger partial charge on any atom is -0.339 e. The second kappa shape index (κ2) is 5.51. The van der Waals surface area contributed by atoms with E-state index >= 15 is 0 Å². The Labute approximate surface area is 108 Å². The first-order valence-corrected chi connectivity index (χ1v) is 6.72. The minimum absolute atomic E-state index is 0.0197. The maximum atomic E-state index is 14.0. The van der Waals surface area contributed by atoms with Crippen LogP contribution in [0.25, 0.3) is 0 Å². The summed E-state index contributed by atoms with van der Waals surface area (Å²) in [5.41, 5.74) is 1.69. The molecule has 2 nitrogen and oxygen atoms in total. The number of likely N-dealkylation sites (tertiary alicyclic amines) is 1. The molecular weight excluding hydrogens is 229 g/mol. The zero-order chi connectivity index (χ0) is 13.1. The average Bonchev–Trinajstić information content (AvgIpc) is 2.42. The van der Waals surface area contributed by atoms with Crippen LogP contribution in [0, 0.1) is 12.7 Å². The van der Waals surface area contributed by atoms with Crippen LogP contribution in [0.5, 0.6) is 0 Å². The van der Waals surface area contributed by atoms with Crippen molar-refractivity contribution in [3.05, 3.63) is 34.6 Å². The molecule has 98 valence electrons. The van der Waals surface area contributed by atoms with Crippen molar-refractivity contribution in [2.75, 3.05) is 13.1 Å². The van der Waals surface area contributed by atoms with E-state index in [1.807, 2.05) is 11.8 Å². The van der Waals surface area contributed by atoms with Gasteiger partial charge in [-0.1, -0.05) is 13.0 Å². The third kappa shape index (κ3) is 2.40. The van der Waals surface area contributed by atoms with E-state index in [9.17, 15) is 9.18 Å².